The van der Waals surface area contributed by atoms with Gasteiger partial charge in [0.05, 0.1) is 0 Å². The zero-order chi connectivity index (χ0) is 11.4. The number of fused-ring (bicyclic) bond motifs is 1. The number of aliphatic hydroxyl groups is 2. The molecule has 0 aromatic rings. The van der Waals surface area contributed by atoms with Crippen molar-refractivity contribution in [2.24, 2.45) is 11.8 Å². The minimum Gasteiger partial charge on any atom is -0.384 e. The van der Waals surface area contributed by atoms with E-state index in [4.69, 9.17) is 10.2 Å². The SMILES string of the molecule is OCC#CC1=CC[C@@H]2C(C#CCO)=CC[C@H]12. The van der Waals surface area contributed by atoms with Crippen LogP contribution in [0.2, 0.25) is 0 Å². The van der Waals surface area contributed by atoms with Crippen molar-refractivity contribution in [1.82, 2.24) is 0 Å². The summed E-state index contributed by atoms with van der Waals surface area (Å²) in [5.74, 6) is 12.3. The molecule has 2 nitrogen and oxygen atoms in total. The van der Waals surface area contributed by atoms with Gasteiger partial charge in [0.15, 0.2) is 0 Å². The molecule has 0 bridgehead atoms. The van der Waals surface area contributed by atoms with Crippen molar-refractivity contribution in [3.05, 3.63) is 23.3 Å². The van der Waals surface area contributed by atoms with Crippen molar-refractivity contribution >= 4 is 0 Å². The maximum Gasteiger partial charge on any atom is 0.104 e. The average molecular weight is 214 g/mol. The molecule has 0 amide bonds. The first-order valence-electron chi connectivity index (χ1n) is 5.46. The van der Waals surface area contributed by atoms with E-state index in [1.165, 1.54) is 0 Å². The van der Waals surface area contributed by atoms with Crippen LogP contribution in [0, 0.1) is 35.5 Å². The molecule has 0 aromatic carbocycles. The van der Waals surface area contributed by atoms with Gasteiger partial charge in [-0.2, -0.15) is 0 Å². The van der Waals surface area contributed by atoms with Crippen molar-refractivity contribution in [2.45, 2.75) is 12.8 Å². The molecule has 0 aliphatic heterocycles. The first kappa shape index (κ1) is 11.0. The van der Waals surface area contributed by atoms with E-state index in [0.717, 1.165) is 24.0 Å². The Hall–Kier alpha value is -1.48. The van der Waals surface area contributed by atoms with Gasteiger partial charge in [-0.3, -0.25) is 0 Å². The summed E-state index contributed by atoms with van der Waals surface area (Å²) >= 11 is 0. The number of rotatable bonds is 0. The molecule has 2 atom stereocenters. The Kier molecular flexibility index (Phi) is 3.47. The number of hydrogen-bond donors (Lipinski definition) is 2. The summed E-state index contributed by atoms with van der Waals surface area (Å²) in [7, 11) is 0. The molecule has 0 saturated heterocycles. The Morgan fingerprint density at radius 1 is 0.938 bits per heavy atom. The summed E-state index contributed by atoms with van der Waals surface area (Å²) in [6.07, 6.45) is 6.25. The summed E-state index contributed by atoms with van der Waals surface area (Å²) in [5, 5.41) is 17.3. The topological polar surface area (TPSA) is 40.5 Å². The van der Waals surface area contributed by atoms with Crippen molar-refractivity contribution in [2.75, 3.05) is 13.2 Å². The van der Waals surface area contributed by atoms with E-state index in [2.05, 4.69) is 35.8 Å². The van der Waals surface area contributed by atoms with Crippen LogP contribution < -0.4 is 0 Å². The molecule has 0 fully saturated rings. The van der Waals surface area contributed by atoms with Crippen LogP contribution in [-0.2, 0) is 0 Å². The molecule has 0 saturated carbocycles. The molecule has 0 spiro atoms. The third-order valence-electron chi connectivity index (χ3n) is 3.09. The lowest BCUT2D eigenvalue weighted by Crippen LogP contribution is -2.06. The lowest BCUT2D eigenvalue weighted by Gasteiger charge is -2.11. The second-order valence-electron chi connectivity index (χ2n) is 3.92. The molecular weight excluding hydrogens is 200 g/mol. The Morgan fingerprint density at radius 2 is 1.38 bits per heavy atom. The first-order valence-corrected chi connectivity index (χ1v) is 5.46. The third kappa shape index (κ3) is 2.04. The summed E-state index contributed by atoms with van der Waals surface area (Å²) in [5.41, 5.74) is 2.27. The molecule has 0 aromatic heterocycles. The quantitative estimate of drug-likeness (QED) is 0.587. The number of aliphatic hydroxyl groups excluding tert-OH is 2. The molecule has 0 radical (unpaired) electrons. The monoisotopic (exact) mass is 214 g/mol. The fourth-order valence-corrected chi connectivity index (χ4v) is 2.40. The predicted molar refractivity (Wildman–Crippen MR) is 62.1 cm³/mol. The lowest BCUT2D eigenvalue weighted by atomic mass is 9.90. The van der Waals surface area contributed by atoms with Gasteiger partial charge in [0.1, 0.15) is 13.2 Å². The van der Waals surface area contributed by atoms with E-state index in [0.29, 0.717) is 11.8 Å². The minimum absolute atomic E-state index is 0.0840. The Bertz CT molecular complexity index is 405. The fourth-order valence-electron chi connectivity index (χ4n) is 2.40. The molecule has 2 rings (SSSR count). The van der Waals surface area contributed by atoms with E-state index in [9.17, 15) is 0 Å². The Morgan fingerprint density at radius 3 is 1.75 bits per heavy atom. The van der Waals surface area contributed by atoms with Crippen LogP contribution in [0.5, 0.6) is 0 Å². The van der Waals surface area contributed by atoms with Gasteiger partial charge in [-0.1, -0.05) is 35.8 Å². The summed E-state index contributed by atoms with van der Waals surface area (Å²) in [6.45, 7) is -0.168. The molecule has 2 aliphatic carbocycles. The maximum absolute atomic E-state index is 8.67. The lowest BCUT2D eigenvalue weighted by molar-refractivity contribution is 0.350. The van der Waals surface area contributed by atoms with Gasteiger partial charge < -0.3 is 10.2 Å². The van der Waals surface area contributed by atoms with E-state index >= 15 is 0 Å². The molecule has 0 unspecified atom stereocenters. The standard InChI is InChI=1S/C14H14O2/c15-9-1-3-11-5-7-14-12(4-2-10-16)6-8-13(11)14/h5-6,13-16H,7-10H2/t13-,14-/m1/s1. The van der Waals surface area contributed by atoms with Crippen molar-refractivity contribution < 1.29 is 10.2 Å². The van der Waals surface area contributed by atoms with Crippen LogP contribution in [0.25, 0.3) is 0 Å². The first-order chi connectivity index (χ1) is 7.86. The average Bonchev–Trinajstić information content (AvgIpc) is 2.86. The van der Waals surface area contributed by atoms with Crippen LogP contribution in [-0.4, -0.2) is 23.4 Å². The normalized spacial score (nSPS) is 25.9. The number of allylic oxidation sites excluding steroid dienone is 4. The van der Waals surface area contributed by atoms with Gasteiger partial charge in [-0.05, 0) is 12.8 Å². The highest BCUT2D eigenvalue weighted by molar-refractivity contribution is 5.45. The zero-order valence-electron chi connectivity index (χ0n) is 9.03. The Balaban J connectivity index is 2.07. The van der Waals surface area contributed by atoms with Crippen LogP contribution in [0.15, 0.2) is 23.3 Å². The highest BCUT2D eigenvalue weighted by Gasteiger charge is 2.34. The largest absolute Gasteiger partial charge is 0.384 e. The third-order valence-corrected chi connectivity index (χ3v) is 3.09. The van der Waals surface area contributed by atoms with Gasteiger partial charge in [0.2, 0.25) is 0 Å². The van der Waals surface area contributed by atoms with E-state index < -0.39 is 0 Å². The zero-order valence-corrected chi connectivity index (χ0v) is 9.03. The predicted octanol–water partition coefficient (Wildman–Crippen LogP) is 0.870. The van der Waals surface area contributed by atoms with Crippen molar-refractivity contribution in [1.29, 1.82) is 0 Å². The summed E-state index contributed by atoms with van der Waals surface area (Å²) in [4.78, 5) is 0. The maximum atomic E-state index is 8.67. The van der Waals surface area contributed by atoms with E-state index in [-0.39, 0.29) is 13.2 Å². The van der Waals surface area contributed by atoms with Crippen LogP contribution in [0.3, 0.4) is 0 Å². The smallest absolute Gasteiger partial charge is 0.104 e. The van der Waals surface area contributed by atoms with Crippen LogP contribution in [0.1, 0.15) is 12.8 Å². The fraction of sp³-hybridized carbons (Fsp3) is 0.429. The molecule has 82 valence electrons. The van der Waals surface area contributed by atoms with Gasteiger partial charge in [0, 0.05) is 23.0 Å². The van der Waals surface area contributed by atoms with E-state index in [1.807, 2.05) is 0 Å². The second-order valence-corrected chi connectivity index (χ2v) is 3.92. The molecule has 16 heavy (non-hydrogen) atoms. The summed E-state index contributed by atoms with van der Waals surface area (Å²) < 4.78 is 0. The highest BCUT2D eigenvalue weighted by atomic mass is 16.3. The van der Waals surface area contributed by atoms with Crippen molar-refractivity contribution in [3.8, 4) is 23.7 Å². The van der Waals surface area contributed by atoms with Gasteiger partial charge in [-0.25, -0.2) is 0 Å². The molecule has 0 heterocycles. The Labute approximate surface area is 95.7 Å². The molecule has 2 N–H and O–H groups in total. The summed E-state index contributed by atoms with van der Waals surface area (Å²) in [6, 6.07) is 0. The number of hydrogen-bond acceptors (Lipinski definition) is 2. The minimum atomic E-state index is -0.0840. The van der Waals surface area contributed by atoms with E-state index in [1.54, 1.807) is 0 Å². The molecule has 2 aliphatic rings. The van der Waals surface area contributed by atoms with Gasteiger partial charge >= 0.3 is 0 Å². The van der Waals surface area contributed by atoms with Crippen LogP contribution >= 0.6 is 0 Å². The van der Waals surface area contributed by atoms with Crippen molar-refractivity contribution in [3.63, 3.8) is 0 Å². The molecular formula is C14H14O2. The highest BCUT2D eigenvalue weighted by Crippen LogP contribution is 2.43. The van der Waals surface area contributed by atoms with Gasteiger partial charge in [0.25, 0.3) is 0 Å². The van der Waals surface area contributed by atoms with Crippen LogP contribution in [0.4, 0.5) is 0 Å². The molecule has 2 heteroatoms. The second kappa shape index (κ2) is 5.03. The van der Waals surface area contributed by atoms with Gasteiger partial charge in [-0.15, -0.1) is 0 Å².